The standard InChI is InChI=1S/C28H36N8O2/c1-34(2)14-15-35(3)25-17-26(38-5)23(16-22(25)31-27(37)10-12-29)33-28-30-13-11-21(32-28)20-18-36(4)24-9-7-6-8-19(20)24/h6-9,11,13,16-18H,10,12,14-15,29H2,1-5H3,(H,31,37)(H,30,32,33). The summed E-state index contributed by atoms with van der Waals surface area (Å²) in [7, 11) is 9.68. The second-order valence-corrected chi connectivity index (χ2v) is 9.44. The predicted octanol–water partition coefficient (Wildman–Crippen LogP) is 3.67. The Hall–Kier alpha value is -4.15. The van der Waals surface area contributed by atoms with Crippen molar-refractivity contribution >= 4 is 39.8 Å². The van der Waals surface area contributed by atoms with Crippen molar-refractivity contribution in [1.29, 1.82) is 0 Å². The van der Waals surface area contributed by atoms with Gasteiger partial charge in [-0.15, -0.1) is 0 Å². The summed E-state index contributed by atoms with van der Waals surface area (Å²) in [5.41, 5.74) is 10.7. The molecule has 2 aromatic carbocycles. The minimum atomic E-state index is -0.153. The molecule has 0 fully saturated rings. The fourth-order valence-electron chi connectivity index (χ4n) is 4.30. The molecular formula is C28H36N8O2. The minimum absolute atomic E-state index is 0.153. The first-order chi connectivity index (χ1) is 18.3. The molecule has 4 rings (SSSR count). The van der Waals surface area contributed by atoms with Crippen LogP contribution in [-0.4, -0.2) is 73.2 Å². The fraction of sp³-hybridized carbons (Fsp3) is 0.321. The number of hydrogen-bond donors (Lipinski definition) is 3. The molecule has 38 heavy (non-hydrogen) atoms. The van der Waals surface area contributed by atoms with E-state index in [0.29, 0.717) is 23.1 Å². The molecule has 0 aliphatic rings. The molecular weight excluding hydrogens is 480 g/mol. The summed E-state index contributed by atoms with van der Waals surface area (Å²) in [6.07, 6.45) is 4.03. The van der Waals surface area contributed by atoms with Gasteiger partial charge in [0, 0.05) is 75.1 Å². The van der Waals surface area contributed by atoms with Crippen molar-refractivity contribution in [3.05, 3.63) is 54.9 Å². The molecule has 10 nitrogen and oxygen atoms in total. The highest BCUT2D eigenvalue weighted by molar-refractivity contribution is 5.97. The van der Waals surface area contributed by atoms with E-state index >= 15 is 0 Å². The van der Waals surface area contributed by atoms with Gasteiger partial charge in [0.1, 0.15) is 5.75 Å². The molecule has 0 bridgehead atoms. The number of nitrogens with one attached hydrogen (secondary N) is 2. The maximum atomic E-state index is 12.5. The Morgan fingerprint density at radius 1 is 1.11 bits per heavy atom. The van der Waals surface area contributed by atoms with E-state index < -0.39 is 0 Å². The normalized spacial score (nSPS) is 11.1. The van der Waals surface area contributed by atoms with Crippen LogP contribution in [0.2, 0.25) is 0 Å². The monoisotopic (exact) mass is 516 g/mol. The van der Waals surface area contributed by atoms with Crippen molar-refractivity contribution in [2.75, 3.05) is 63.4 Å². The summed E-state index contributed by atoms with van der Waals surface area (Å²) in [5, 5.41) is 7.42. The zero-order valence-electron chi connectivity index (χ0n) is 22.7. The highest BCUT2D eigenvalue weighted by Crippen LogP contribution is 2.38. The Balaban J connectivity index is 1.70. The van der Waals surface area contributed by atoms with Crippen molar-refractivity contribution in [3.8, 4) is 17.0 Å². The summed E-state index contributed by atoms with van der Waals surface area (Å²) < 4.78 is 7.81. The van der Waals surface area contributed by atoms with Crippen molar-refractivity contribution in [3.63, 3.8) is 0 Å². The number of benzene rings is 2. The Kier molecular flexibility index (Phi) is 8.45. The highest BCUT2D eigenvalue weighted by atomic mass is 16.5. The first-order valence-corrected chi connectivity index (χ1v) is 12.5. The molecule has 10 heteroatoms. The van der Waals surface area contributed by atoms with Crippen LogP contribution in [0, 0.1) is 0 Å². The third-order valence-corrected chi connectivity index (χ3v) is 6.33. The largest absolute Gasteiger partial charge is 0.494 e. The number of anilines is 4. The van der Waals surface area contributed by atoms with E-state index in [4.69, 9.17) is 15.5 Å². The van der Waals surface area contributed by atoms with Crippen LogP contribution in [0.3, 0.4) is 0 Å². The van der Waals surface area contributed by atoms with Crippen LogP contribution in [-0.2, 0) is 11.8 Å². The lowest BCUT2D eigenvalue weighted by Crippen LogP contribution is -2.29. The van der Waals surface area contributed by atoms with E-state index in [1.165, 1.54) is 0 Å². The number of hydrogen-bond acceptors (Lipinski definition) is 8. The van der Waals surface area contributed by atoms with Crippen molar-refractivity contribution < 1.29 is 9.53 Å². The van der Waals surface area contributed by atoms with Crippen molar-refractivity contribution in [2.45, 2.75) is 6.42 Å². The SMILES string of the molecule is COc1cc(N(C)CCN(C)C)c(NC(=O)CCN)cc1Nc1nccc(-c2cn(C)c3ccccc23)n1. The molecule has 0 aliphatic carbocycles. The van der Waals surface area contributed by atoms with Gasteiger partial charge in [0.2, 0.25) is 11.9 Å². The average Bonchev–Trinajstić information content (AvgIpc) is 3.24. The molecule has 0 radical (unpaired) electrons. The molecule has 0 spiro atoms. The summed E-state index contributed by atoms with van der Waals surface area (Å²) in [6, 6.07) is 13.9. The molecule has 0 aliphatic heterocycles. The molecule has 2 heterocycles. The van der Waals surface area contributed by atoms with Gasteiger partial charge in [-0.05, 0) is 32.3 Å². The van der Waals surface area contributed by atoms with Gasteiger partial charge in [-0.3, -0.25) is 4.79 Å². The van der Waals surface area contributed by atoms with Gasteiger partial charge in [0.15, 0.2) is 0 Å². The molecule has 0 saturated carbocycles. The lowest BCUT2D eigenvalue weighted by Gasteiger charge is -2.26. The number of carbonyl (C=O) groups excluding carboxylic acids is 1. The Morgan fingerprint density at radius 2 is 1.89 bits per heavy atom. The number of methoxy groups -OCH3 is 1. The van der Waals surface area contributed by atoms with Crippen LogP contribution in [0.4, 0.5) is 23.0 Å². The topological polar surface area (TPSA) is 114 Å². The molecule has 2 aromatic heterocycles. The number of nitrogens with zero attached hydrogens (tertiary/aromatic N) is 5. The van der Waals surface area contributed by atoms with Gasteiger partial charge in [-0.25, -0.2) is 9.97 Å². The Bertz CT molecular complexity index is 1420. The minimum Gasteiger partial charge on any atom is -0.494 e. The third kappa shape index (κ3) is 6.04. The maximum absolute atomic E-state index is 12.5. The van der Waals surface area contributed by atoms with Gasteiger partial charge >= 0.3 is 0 Å². The summed E-state index contributed by atoms with van der Waals surface area (Å²) in [5.74, 6) is 0.870. The second-order valence-electron chi connectivity index (χ2n) is 9.44. The second kappa shape index (κ2) is 11.9. The van der Waals surface area contributed by atoms with E-state index in [2.05, 4.69) is 48.3 Å². The summed E-state index contributed by atoms with van der Waals surface area (Å²) >= 11 is 0. The van der Waals surface area contributed by atoms with Crippen molar-refractivity contribution in [1.82, 2.24) is 19.4 Å². The number of fused-ring (bicyclic) bond motifs is 1. The van der Waals surface area contributed by atoms with Crippen LogP contribution in [0.15, 0.2) is 54.9 Å². The van der Waals surface area contributed by atoms with Crippen LogP contribution in [0.5, 0.6) is 5.75 Å². The Morgan fingerprint density at radius 3 is 2.63 bits per heavy atom. The van der Waals surface area contributed by atoms with E-state index in [0.717, 1.165) is 40.9 Å². The number of rotatable bonds is 11. The Labute approximate surface area is 223 Å². The summed E-state index contributed by atoms with van der Waals surface area (Å²) in [6.45, 7) is 1.89. The molecule has 4 aromatic rings. The van der Waals surface area contributed by atoms with E-state index in [9.17, 15) is 4.79 Å². The number of aryl methyl sites for hydroxylation is 1. The zero-order valence-corrected chi connectivity index (χ0v) is 22.7. The number of para-hydroxylation sites is 1. The quantitative estimate of drug-likeness (QED) is 0.277. The number of carbonyl (C=O) groups is 1. The predicted molar refractivity (Wildman–Crippen MR) is 154 cm³/mol. The van der Waals surface area contributed by atoms with Crippen LogP contribution >= 0.6 is 0 Å². The molecule has 0 saturated heterocycles. The smallest absolute Gasteiger partial charge is 0.227 e. The molecule has 200 valence electrons. The number of amides is 1. The number of likely N-dealkylation sites (N-methyl/N-ethyl adjacent to an activating group) is 2. The van der Waals surface area contributed by atoms with Gasteiger partial charge in [-0.2, -0.15) is 0 Å². The van der Waals surface area contributed by atoms with E-state index in [1.54, 1.807) is 13.3 Å². The van der Waals surface area contributed by atoms with Crippen LogP contribution in [0.25, 0.3) is 22.2 Å². The van der Waals surface area contributed by atoms with E-state index in [-0.39, 0.29) is 18.9 Å². The van der Waals surface area contributed by atoms with Crippen LogP contribution < -0.4 is 26.0 Å². The summed E-state index contributed by atoms with van der Waals surface area (Å²) in [4.78, 5) is 25.9. The molecule has 0 atom stereocenters. The average molecular weight is 517 g/mol. The fourth-order valence-corrected chi connectivity index (χ4v) is 4.30. The lowest BCUT2D eigenvalue weighted by atomic mass is 10.1. The number of ether oxygens (including phenoxy) is 1. The van der Waals surface area contributed by atoms with Gasteiger partial charge < -0.3 is 35.5 Å². The first kappa shape index (κ1) is 26.9. The first-order valence-electron chi connectivity index (χ1n) is 12.5. The van der Waals surface area contributed by atoms with Gasteiger partial charge in [0.25, 0.3) is 0 Å². The number of aromatic nitrogens is 3. The number of nitrogens with two attached hydrogens (primary N) is 1. The highest BCUT2D eigenvalue weighted by Gasteiger charge is 2.17. The van der Waals surface area contributed by atoms with Gasteiger partial charge in [-0.1, -0.05) is 18.2 Å². The molecule has 4 N–H and O–H groups in total. The zero-order chi connectivity index (χ0) is 27.2. The van der Waals surface area contributed by atoms with Gasteiger partial charge in [0.05, 0.1) is 29.9 Å². The van der Waals surface area contributed by atoms with Crippen molar-refractivity contribution in [2.24, 2.45) is 12.8 Å². The molecule has 0 unspecified atom stereocenters. The molecule has 1 amide bonds. The van der Waals surface area contributed by atoms with Crippen LogP contribution in [0.1, 0.15) is 6.42 Å². The maximum Gasteiger partial charge on any atom is 0.227 e. The third-order valence-electron chi connectivity index (χ3n) is 6.33. The lowest BCUT2D eigenvalue weighted by molar-refractivity contribution is -0.116. The van der Waals surface area contributed by atoms with E-state index in [1.807, 2.05) is 58.5 Å².